The van der Waals surface area contributed by atoms with E-state index in [1.54, 1.807) is 6.20 Å². The highest BCUT2D eigenvalue weighted by Crippen LogP contribution is 2.21. The van der Waals surface area contributed by atoms with Crippen LogP contribution in [0.2, 0.25) is 0 Å². The molecule has 0 unspecified atom stereocenters. The van der Waals surface area contributed by atoms with E-state index in [2.05, 4.69) is 57.4 Å². The lowest BCUT2D eigenvalue weighted by Crippen LogP contribution is -1.92. The summed E-state index contributed by atoms with van der Waals surface area (Å²) in [6, 6.07) is 18.7. The zero-order valence-electron chi connectivity index (χ0n) is 10.9. The van der Waals surface area contributed by atoms with Crippen LogP contribution in [0, 0.1) is 0 Å². The summed E-state index contributed by atoms with van der Waals surface area (Å²) in [6.45, 7) is 0. The molecule has 3 heteroatoms. The lowest BCUT2D eigenvalue weighted by molar-refractivity contribution is 1.04. The SMILES string of the molecule is c1ccc2c(Cc3nc4ncccc4[nH]3)cccc2c1. The van der Waals surface area contributed by atoms with E-state index in [1.807, 2.05) is 12.1 Å². The Balaban J connectivity index is 1.80. The predicted molar refractivity (Wildman–Crippen MR) is 80.6 cm³/mol. The number of fused-ring (bicyclic) bond motifs is 2. The predicted octanol–water partition coefficient (Wildman–Crippen LogP) is 3.70. The summed E-state index contributed by atoms with van der Waals surface area (Å²) in [7, 11) is 0. The van der Waals surface area contributed by atoms with Gasteiger partial charge >= 0.3 is 0 Å². The van der Waals surface area contributed by atoms with Crippen molar-refractivity contribution in [3.63, 3.8) is 0 Å². The van der Waals surface area contributed by atoms with Crippen LogP contribution in [0.25, 0.3) is 21.9 Å². The maximum absolute atomic E-state index is 4.55. The van der Waals surface area contributed by atoms with Gasteiger partial charge in [0.05, 0.1) is 5.52 Å². The van der Waals surface area contributed by atoms with Crippen molar-refractivity contribution in [3.8, 4) is 0 Å². The van der Waals surface area contributed by atoms with Gasteiger partial charge in [-0.2, -0.15) is 0 Å². The molecule has 4 aromatic rings. The molecular formula is C17H13N3. The highest BCUT2D eigenvalue weighted by molar-refractivity contribution is 5.86. The molecule has 0 aliphatic heterocycles. The van der Waals surface area contributed by atoms with Crippen LogP contribution < -0.4 is 0 Å². The second-order valence-electron chi connectivity index (χ2n) is 4.87. The van der Waals surface area contributed by atoms with Crippen molar-refractivity contribution in [2.24, 2.45) is 0 Å². The molecule has 20 heavy (non-hydrogen) atoms. The molecule has 0 amide bonds. The smallest absolute Gasteiger partial charge is 0.177 e. The Morgan fingerprint density at radius 2 is 1.80 bits per heavy atom. The normalized spacial score (nSPS) is 11.2. The second kappa shape index (κ2) is 4.46. The molecule has 0 aliphatic carbocycles. The third-order valence-electron chi connectivity index (χ3n) is 3.54. The Kier molecular flexibility index (Phi) is 2.49. The van der Waals surface area contributed by atoms with Crippen molar-refractivity contribution in [1.29, 1.82) is 0 Å². The first-order valence-electron chi connectivity index (χ1n) is 6.66. The van der Waals surface area contributed by atoms with Crippen molar-refractivity contribution in [1.82, 2.24) is 15.0 Å². The molecule has 2 aromatic heterocycles. The fraction of sp³-hybridized carbons (Fsp3) is 0.0588. The van der Waals surface area contributed by atoms with Gasteiger partial charge in [-0.1, -0.05) is 42.5 Å². The summed E-state index contributed by atoms with van der Waals surface area (Å²) < 4.78 is 0. The summed E-state index contributed by atoms with van der Waals surface area (Å²) in [5, 5.41) is 2.54. The van der Waals surface area contributed by atoms with E-state index in [0.717, 1.165) is 23.4 Å². The average molecular weight is 259 g/mol. The maximum Gasteiger partial charge on any atom is 0.177 e. The molecular weight excluding hydrogens is 246 g/mol. The van der Waals surface area contributed by atoms with E-state index in [0.29, 0.717) is 0 Å². The van der Waals surface area contributed by atoms with Gasteiger partial charge in [-0.3, -0.25) is 0 Å². The number of aromatic amines is 1. The van der Waals surface area contributed by atoms with Gasteiger partial charge in [-0.15, -0.1) is 0 Å². The molecule has 96 valence electrons. The van der Waals surface area contributed by atoms with E-state index < -0.39 is 0 Å². The van der Waals surface area contributed by atoms with Crippen LogP contribution in [0.4, 0.5) is 0 Å². The molecule has 0 saturated carbocycles. The van der Waals surface area contributed by atoms with Crippen LogP contribution in [-0.2, 0) is 6.42 Å². The Morgan fingerprint density at radius 1 is 0.900 bits per heavy atom. The van der Waals surface area contributed by atoms with Gasteiger partial charge in [-0.05, 0) is 28.5 Å². The average Bonchev–Trinajstić information content (AvgIpc) is 2.90. The number of rotatable bonds is 2. The van der Waals surface area contributed by atoms with E-state index in [9.17, 15) is 0 Å². The van der Waals surface area contributed by atoms with Gasteiger partial charge in [0, 0.05) is 12.6 Å². The first-order chi connectivity index (χ1) is 9.90. The first-order valence-corrected chi connectivity index (χ1v) is 6.66. The number of hydrogen-bond donors (Lipinski definition) is 1. The molecule has 0 spiro atoms. The largest absolute Gasteiger partial charge is 0.340 e. The van der Waals surface area contributed by atoms with Gasteiger partial charge < -0.3 is 4.98 Å². The molecule has 0 aliphatic rings. The zero-order chi connectivity index (χ0) is 13.4. The van der Waals surface area contributed by atoms with Crippen LogP contribution in [0.1, 0.15) is 11.4 Å². The van der Waals surface area contributed by atoms with Crippen LogP contribution in [0.5, 0.6) is 0 Å². The number of pyridine rings is 1. The first kappa shape index (κ1) is 11.2. The van der Waals surface area contributed by atoms with Crippen LogP contribution in [0.15, 0.2) is 60.8 Å². The summed E-state index contributed by atoms with van der Waals surface area (Å²) in [5.41, 5.74) is 3.05. The summed E-state index contributed by atoms with van der Waals surface area (Å²) in [4.78, 5) is 12.1. The molecule has 0 saturated heterocycles. The minimum absolute atomic E-state index is 0.780. The zero-order valence-corrected chi connectivity index (χ0v) is 10.9. The third-order valence-corrected chi connectivity index (χ3v) is 3.54. The number of nitrogens with zero attached hydrogens (tertiary/aromatic N) is 2. The minimum Gasteiger partial charge on any atom is -0.340 e. The monoisotopic (exact) mass is 259 g/mol. The molecule has 2 aromatic carbocycles. The quantitative estimate of drug-likeness (QED) is 0.596. The highest BCUT2D eigenvalue weighted by Gasteiger charge is 2.06. The van der Waals surface area contributed by atoms with Crippen molar-refractivity contribution in [2.75, 3.05) is 0 Å². The molecule has 2 heterocycles. The van der Waals surface area contributed by atoms with Gasteiger partial charge in [-0.25, -0.2) is 9.97 Å². The van der Waals surface area contributed by atoms with Crippen molar-refractivity contribution < 1.29 is 0 Å². The van der Waals surface area contributed by atoms with Gasteiger partial charge in [0.15, 0.2) is 5.65 Å². The summed E-state index contributed by atoms with van der Waals surface area (Å²) >= 11 is 0. The van der Waals surface area contributed by atoms with E-state index in [-0.39, 0.29) is 0 Å². The molecule has 1 N–H and O–H groups in total. The summed E-state index contributed by atoms with van der Waals surface area (Å²) in [5.74, 6) is 0.954. The Hall–Kier alpha value is -2.68. The van der Waals surface area contributed by atoms with E-state index >= 15 is 0 Å². The van der Waals surface area contributed by atoms with Gasteiger partial charge in [0.25, 0.3) is 0 Å². The minimum atomic E-state index is 0.780. The molecule has 3 nitrogen and oxygen atoms in total. The van der Waals surface area contributed by atoms with E-state index in [1.165, 1.54) is 16.3 Å². The standard InChI is InChI=1S/C17H13N3/c1-2-8-14-12(5-1)6-3-7-13(14)11-16-19-15-9-4-10-18-17(15)20-16/h1-10H,11H2,(H,18,19,20). The third kappa shape index (κ3) is 1.84. The number of imidazole rings is 1. The number of hydrogen-bond acceptors (Lipinski definition) is 2. The molecule has 0 bridgehead atoms. The van der Waals surface area contributed by atoms with Crippen LogP contribution in [0.3, 0.4) is 0 Å². The van der Waals surface area contributed by atoms with Crippen LogP contribution >= 0.6 is 0 Å². The fourth-order valence-corrected chi connectivity index (χ4v) is 2.61. The second-order valence-corrected chi connectivity index (χ2v) is 4.87. The number of nitrogens with one attached hydrogen (secondary N) is 1. The van der Waals surface area contributed by atoms with Gasteiger partial charge in [0.2, 0.25) is 0 Å². The molecule has 0 fully saturated rings. The van der Waals surface area contributed by atoms with Crippen LogP contribution in [-0.4, -0.2) is 15.0 Å². The maximum atomic E-state index is 4.55. The molecule has 4 rings (SSSR count). The lowest BCUT2D eigenvalue weighted by Gasteiger charge is -2.04. The Bertz CT molecular complexity index is 854. The topological polar surface area (TPSA) is 41.6 Å². The summed E-state index contributed by atoms with van der Waals surface area (Å²) in [6.07, 6.45) is 2.56. The lowest BCUT2D eigenvalue weighted by atomic mass is 10.0. The number of aromatic nitrogens is 3. The van der Waals surface area contributed by atoms with Gasteiger partial charge in [0.1, 0.15) is 5.82 Å². The van der Waals surface area contributed by atoms with Crippen molar-refractivity contribution in [2.45, 2.75) is 6.42 Å². The van der Waals surface area contributed by atoms with Crippen molar-refractivity contribution in [3.05, 3.63) is 72.2 Å². The molecule has 0 radical (unpaired) electrons. The molecule has 0 atom stereocenters. The Labute approximate surface area is 116 Å². The Morgan fingerprint density at radius 3 is 2.75 bits per heavy atom. The number of benzene rings is 2. The highest BCUT2D eigenvalue weighted by atomic mass is 15.0. The van der Waals surface area contributed by atoms with Crippen molar-refractivity contribution >= 4 is 21.9 Å². The van der Waals surface area contributed by atoms with E-state index in [4.69, 9.17) is 0 Å². The fourth-order valence-electron chi connectivity index (χ4n) is 2.61. The number of H-pyrrole nitrogens is 1.